The number of ether oxygens (including phenoxy) is 1. The van der Waals surface area contributed by atoms with E-state index < -0.39 is 6.09 Å². The molecule has 1 amide bonds. The Morgan fingerprint density at radius 3 is 2.87 bits per heavy atom. The summed E-state index contributed by atoms with van der Waals surface area (Å²) in [6, 6.07) is 9.60. The lowest BCUT2D eigenvalue weighted by atomic mass is 10.2. The highest BCUT2D eigenvalue weighted by Gasteiger charge is 2.23. The van der Waals surface area contributed by atoms with Gasteiger partial charge in [-0.05, 0) is 0 Å². The number of cyclic esters (lactones) is 1. The van der Waals surface area contributed by atoms with Gasteiger partial charge < -0.3 is 15.8 Å². The van der Waals surface area contributed by atoms with E-state index in [1.165, 1.54) is 0 Å². The number of nitrogens with zero attached hydrogens (tertiary/aromatic N) is 4. The molecule has 116 valence electrons. The molecule has 3 aromatic rings. The first-order valence-corrected chi connectivity index (χ1v) is 7.19. The molecule has 1 saturated heterocycles. The van der Waals surface area contributed by atoms with Crippen LogP contribution < -0.4 is 11.1 Å². The van der Waals surface area contributed by atoms with Crippen LogP contribution in [0.15, 0.2) is 36.5 Å². The fourth-order valence-electron chi connectivity index (χ4n) is 2.53. The van der Waals surface area contributed by atoms with Gasteiger partial charge in [-0.25, -0.2) is 14.8 Å². The monoisotopic (exact) mass is 310 g/mol. The first-order valence-electron chi connectivity index (χ1n) is 7.19. The molecule has 3 N–H and O–H groups in total. The van der Waals surface area contributed by atoms with Crippen molar-refractivity contribution in [2.75, 3.05) is 12.3 Å². The van der Waals surface area contributed by atoms with Gasteiger partial charge in [0.25, 0.3) is 0 Å². The van der Waals surface area contributed by atoms with Gasteiger partial charge in [0, 0.05) is 11.8 Å². The van der Waals surface area contributed by atoms with Crippen LogP contribution in [0.2, 0.25) is 0 Å². The number of anilines is 1. The minimum atomic E-state index is -0.405. The summed E-state index contributed by atoms with van der Waals surface area (Å²) in [5.74, 6) is 0.913. The second-order valence-corrected chi connectivity index (χ2v) is 5.30. The second kappa shape index (κ2) is 5.24. The zero-order chi connectivity index (χ0) is 15.8. The van der Waals surface area contributed by atoms with Gasteiger partial charge in [-0.2, -0.15) is 5.10 Å². The van der Waals surface area contributed by atoms with Crippen LogP contribution in [0, 0.1) is 0 Å². The molecular formula is C15H14N6O2. The summed E-state index contributed by atoms with van der Waals surface area (Å²) in [6.45, 7) is 0.903. The number of fused-ring (bicyclic) bond motifs is 1. The highest BCUT2D eigenvalue weighted by atomic mass is 16.6. The molecule has 0 radical (unpaired) electrons. The quantitative estimate of drug-likeness (QED) is 0.752. The summed E-state index contributed by atoms with van der Waals surface area (Å²) < 4.78 is 6.78. The van der Waals surface area contributed by atoms with Gasteiger partial charge in [0.15, 0.2) is 11.5 Å². The molecule has 3 heterocycles. The summed E-state index contributed by atoms with van der Waals surface area (Å²) in [7, 11) is 0. The van der Waals surface area contributed by atoms with Crippen molar-refractivity contribution in [1.82, 2.24) is 25.1 Å². The first-order chi connectivity index (χ1) is 11.2. The molecule has 2 aromatic heterocycles. The molecule has 0 bridgehead atoms. The van der Waals surface area contributed by atoms with Crippen molar-refractivity contribution in [2.45, 2.75) is 12.6 Å². The van der Waals surface area contributed by atoms with Crippen LogP contribution in [-0.4, -0.2) is 38.5 Å². The molecule has 1 atom stereocenters. The van der Waals surface area contributed by atoms with Crippen molar-refractivity contribution in [3.63, 3.8) is 0 Å². The van der Waals surface area contributed by atoms with E-state index in [1.807, 2.05) is 30.3 Å². The third-order valence-corrected chi connectivity index (χ3v) is 3.63. The Morgan fingerprint density at radius 1 is 1.30 bits per heavy atom. The number of hydrogen-bond donors (Lipinski definition) is 2. The molecule has 23 heavy (non-hydrogen) atoms. The lowest BCUT2D eigenvalue weighted by Gasteiger charge is -2.06. The smallest absolute Gasteiger partial charge is 0.407 e. The Bertz CT molecular complexity index is 876. The van der Waals surface area contributed by atoms with E-state index >= 15 is 0 Å². The van der Waals surface area contributed by atoms with Gasteiger partial charge in [0.2, 0.25) is 0 Å². The highest BCUT2D eigenvalue weighted by molar-refractivity contribution is 5.86. The van der Waals surface area contributed by atoms with E-state index in [-0.39, 0.29) is 6.10 Å². The molecule has 0 spiro atoms. The Kier molecular flexibility index (Phi) is 3.07. The fraction of sp³-hybridized carbons (Fsp3) is 0.200. The van der Waals surface area contributed by atoms with Crippen molar-refractivity contribution < 1.29 is 9.53 Å². The standard InChI is InChI=1S/C15H14N6O2/c16-12-11-8-21(7-10-6-17-15(22)23-10)20-14(11)19-13(18-12)9-4-2-1-3-5-9/h1-5,8,10H,6-7H2,(H,17,22)(H2,16,18,19,20). The zero-order valence-electron chi connectivity index (χ0n) is 12.1. The molecular weight excluding hydrogens is 296 g/mol. The zero-order valence-corrected chi connectivity index (χ0v) is 12.1. The number of aromatic nitrogens is 4. The number of amides is 1. The summed E-state index contributed by atoms with van der Waals surface area (Å²) in [6.07, 6.45) is 1.11. The van der Waals surface area contributed by atoms with Crippen LogP contribution in [0.4, 0.5) is 10.6 Å². The summed E-state index contributed by atoms with van der Waals surface area (Å²) in [4.78, 5) is 19.9. The molecule has 1 unspecified atom stereocenters. The molecule has 0 saturated carbocycles. The molecule has 1 aliphatic rings. The van der Waals surface area contributed by atoms with Crippen molar-refractivity contribution in [3.05, 3.63) is 36.5 Å². The van der Waals surface area contributed by atoms with Crippen LogP contribution in [0.5, 0.6) is 0 Å². The number of rotatable bonds is 3. The van der Waals surface area contributed by atoms with E-state index in [2.05, 4.69) is 20.4 Å². The van der Waals surface area contributed by atoms with Gasteiger partial charge in [0.1, 0.15) is 11.9 Å². The van der Waals surface area contributed by atoms with Gasteiger partial charge in [-0.15, -0.1) is 0 Å². The second-order valence-electron chi connectivity index (χ2n) is 5.30. The lowest BCUT2D eigenvalue weighted by Crippen LogP contribution is -2.20. The number of hydrogen-bond acceptors (Lipinski definition) is 6. The number of alkyl carbamates (subject to hydrolysis) is 1. The minimum Gasteiger partial charge on any atom is -0.442 e. The van der Waals surface area contributed by atoms with Crippen LogP contribution in [0.1, 0.15) is 0 Å². The maximum absolute atomic E-state index is 11.1. The number of carbonyl (C=O) groups is 1. The number of carbonyl (C=O) groups excluding carboxylic acids is 1. The largest absolute Gasteiger partial charge is 0.442 e. The number of benzene rings is 1. The summed E-state index contributed by atoms with van der Waals surface area (Å²) >= 11 is 0. The Balaban J connectivity index is 1.68. The third-order valence-electron chi connectivity index (χ3n) is 3.63. The predicted octanol–water partition coefficient (Wildman–Crippen LogP) is 1.18. The number of nitrogens with two attached hydrogens (primary N) is 1. The van der Waals surface area contributed by atoms with Crippen molar-refractivity contribution >= 4 is 22.9 Å². The van der Waals surface area contributed by atoms with Gasteiger partial charge in [0.05, 0.1) is 18.5 Å². The summed E-state index contributed by atoms with van der Waals surface area (Å²) in [5, 5.41) is 7.71. The predicted molar refractivity (Wildman–Crippen MR) is 83.4 cm³/mol. The Labute approximate surface area is 131 Å². The van der Waals surface area contributed by atoms with E-state index in [1.54, 1.807) is 10.9 Å². The molecule has 8 nitrogen and oxygen atoms in total. The van der Waals surface area contributed by atoms with Gasteiger partial charge in [-0.3, -0.25) is 4.68 Å². The average molecular weight is 310 g/mol. The van der Waals surface area contributed by atoms with Gasteiger partial charge in [-0.1, -0.05) is 30.3 Å². The van der Waals surface area contributed by atoms with Crippen molar-refractivity contribution in [1.29, 1.82) is 0 Å². The highest BCUT2D eigenvalue weighted by Crippen LogP contribution is 2.22. The van der Waals surface area contributed by atoms with Crippen molar-refractivity contribution in [3.8, 4) is 11.4 Å². The molecule has 4 rings (SSSR count). The van der Waals surface area contributed by atoms with Crippen LogP contribution in [0.3, 0.4) is 0 Å². The van der Waals surface area contributed by atoms with Gasteiger partial charge >= 0.3 is 6.09 Å². The van der Waals surface area contributed by atoms with Crippen LogP contribution in [0.25, 0.3) is 22.4 Å². The number of nitrogen functional groups attached to an aromatic ring is 1. The Morgan fingerprint density at radius 2 is 2.13 bits per heavy atom. The third kappa shape index (κ3) is 2.54. The van der Waals surface area contributed by atoms with E-state index in [0.717, 1.165) is 5.56 Å². The molecule has 1 aliphatic heterocycles. The van der Waals surface area contributed by atoms with Crippen LogP contribution in [-0.2, 0) is 11.3 Å². The maximum atomic E-state index is 11.1. The molecule has 0 aliphatic carbocycles. The SMILES string of the molecule is Nc1nc(-c2ccccc2)nc2nn(CC3CNC(=O)O3)cc12. The molecule has 1 fully saturated rings. The fourth-order valence-corrected chi connectivity index (χ4v) is 2.53. The van der Waals surface area contributed by atoms with E-state index in [4.69, 9.17) is 10.5 Å². The normalized spacial score (nSPS) is 17.2. The number of nitrogens with one attached hydrogen (secondary N) is 1. The summed E-state index contributed by atoms with van der Waals surface area (Å²) in [5.41, 5.74) is 7.44. The van der Waals surface area contributed by atoms with Crippen molar-refractivity contribution in [2.24, 2.45) is 0 Å². The Hall–Kier alpha value is -3.16. The topological polar surface area (TPSA) is 108 Å². The maximum Gasteiger partial charge on any atom is 0.407 e. The first kappa shape index (κ1) is 13.5. The lowest BCUT2D eigenvalue weighted by molar-refractivity contribution is 0.129. The molecule has 1 aromatic carbocycles. The average Bonchev–Trinajstić information content (AvgIpc) is 3.14. The van der Waals surface area contributed by atoms with Crippen LogP contribution >= 0.6 is 0 Å². The molecule has 8 heteroatoms. The van der Waals surface area contributed by atoms with E-state index in [0.29, 0.717) is 35.8 Å². The minimum absolute atomic E-state index is 0.250. The van der Waals surface area contributed by atoms with E-state index in [9.17, 15) is 4.79 Å².